The Kier molecular flexibility index (Phi) is 8.52. The predicted octanol–water partition coefficient (Wildman–Crippen LogP) is 0.301. The highest BCUT2D eigenvalue weighted by atomic mass is 16.5. The summed E-state index contributed by atoms with van der Waals surface area (Å²) in [5.74, 6) is -0.369. The van der Waals surface area contributed by atoms with E-state index in [1.54, 1.807) is 6.92 Å². The molecule has 16 heavy (non-hydrogen) atoms. The minimum absolute atomic E-state index is 0.0417. The Bertz CT molecular complexity index is 219. The highest BCUT2D eigenvalue weighted by Gasteiger charge is 2.11. The van der Waals surface area contributed by atoms with Crippen molar-refractivity contribution in [2.45, 2.75) is 26.7 Å². The summed E-state index contributed by atoms with van der Waals surface area (Å²) in [6.07, 6.45) is 1.38. The van der Waals surface area contributed by atoms with Crippen molar-refractivity contribution in [3.8, 4) is 0 Å². The van der Waals surface area contributed by atoms with Crippen molar-refractivity contribution in [1.82, 2.24) is 10.6 Å². The van der Waals surface area contributed by atoms with Gasteiger partial charge in [-0.3, -0.25) is 9.59 Å². The van der Waals surface area contributed by atoms with Gasteiger partial charge in [0.05, 0.1) is 13.0 Å². The summed E-state index contributed by atoms with van der Waals surface area (Å²) >= 11 is 0. The summed E-state index contributed by atoms with van der Waals surface area (Å²) in [5, 5.41) is 5.83. The van der Waals surface area contributed by atoms with Gasteiger partial charge in [0.1, 0.15) is 0 Å². The summed E-state index contributed by atoms with van der Waals surface area (Å²) in [6, 6.07) is 0. The first-order chi connectivity index (χ1) is 7.61. The zero-order valence-corrected chi connectivity index (χ0v) is 10.3. The molecule has 0 aliphatic rings. The van der Waals surface area contributed by atoms with Crippen LogP contribution in [0.3, 0.4) is 0 Å². The van der Waals surface area contributed by atoms with Crippen LogP contribution in [0.4, 0.5) is 0 Å². The second-order valence-corrected chi connectivity index (χ2v) is 3.73. The van der Waals surface area contributed by atoms with E-state index >= 15 is 0 Å². The first kappa shape index (κ1) is 14.9. The molecule has 0 heterocycles. The lowest BCUT2D eigenvalue weighted by molar-refractivity contribution is -0.144. The van der Waals surface area contributed by atoms with Crippen LogP contribution in [-0.4, -0.2) is 38.6 Å². The Labute approximate surface area is 96.9 Å². The van der Waals surface area contributed by atoms with Crippen LogP contribution in [0.1, 0.15) is 26.7 Å². The number of methoxy groups -OCH3 is 1. The summed E-state index contributed by atoms with van der Waals surface area (Å²) in [7, 11) is 1.37. The Morgan fingerprint density at radius 1 is 1.31 bits per heavy atom. The number of rotatable bonds is 8. The third-order valence-electron chi connectivity index (χ3n) is 2.16. The summed E-state index contributed by atoms with van der Waals surface area (Å²) in [4.78, 5) is 22.2. The van der Waals surface area contributed by atoms with E-state index in [0.717, 1.165) is 13.0 Å². The minimum atomic E-state index is -0.233. The van der Waals surface area contributed by atoms with Crippen molar-refractivity contribution in [2.75, 3.05) is 26.7 Å². The van der Waals surface area contributed by atoms with Gasteiger partial charge >= 0.3 is 5.97 Å². The number of carbonyl (C=O) groups excluding carboxylic acids is 2. The number of amides is 1. The van der Waals surface area contributed by atoms with Crippen molar-refractivity contribution < 1.29 is 14.3 Å². The van der Waals surface area contributed by atoms with Crippen LogP contribution in [0.15, 0.2) is 0 Å². The van der Waals surface area contributed by atoms with E-state index in [0.29, 0.717) is 19.5 Å². The van der Waals surface area contributed by atoms with Gasteiger partial charge in [-0.1, -0.05) is 13.8 Å². The van der Waals surface area contributed by atoms with E-state index in [2.05, 4.69) is 15.4 Å². The standard InChI is InChI=1S/C11H22N2O3/c1-4-6-13-10(14)5-7-12-8-9(2)11(15)16-3/h9,12H,4-8H2,1-3H3,(H,13,14). The Morgan fingerprint density at radius 3 is 2.56 bits per heavy atom. The number of esters is 1. The topological polar surface area (TPSA) is 67.4 Å². The molecule has 0 radical (unpaired) electrons. The van der Waals surface area contributed by atoms with Crippen molar-refractivity contribution in [3.63, 3.8) is 0 Å². The van der Waals surface area contributed by atoms with Crippen LogP contribution in [0, 0.1) is 5.92 Å². The van der Waals surface area contributed by atoms with Crippen LogP contribution in [0.2, 0.25) is 0 Å². The molecule has 5 heteroatoms. The van der Waals surface area contributed by atoms with Gasteiger partial charge in [-0.05, 0) is 6.42 Å². The maximum Gasteiger partial charge on any atom is 0.309 e. The molecule has 0 spiro atoms. The fraction of sp³-hybridized carbons (Fsp3) is 0.818. The van der Waals surface area contributed by atoms with Gasteiger partial charge in [-0.15, -0.1) is 0 Å². The molecule has 1 unspecified atom stereocenters. The maximum atomic E-state index is 11.2. The van der Waals surface area contributed by atoms with Crippen LogP contribution >= 0.6 is 0 Å². The highest BCUT2D eigenvalue weighted by Crippen LogP contribution is 1.94. The normalized spacial score (nSPS) is 11.9. The number of hydrogen-bond acceptors (Lipinski definition) is 4. The second-order valence-electron chi connectivity index (χ2n) is 3.73. The van der Waals surface area contributed by atoms with Gasteiger partial charge in [0.2, 0.25) is 5.91 Å². The predicted molar refractivity (Wildman–Crippen MR) is 62.0 cm³/mol. The van der Waals surface area contributed by atoms with Crippen LogP contribution in [0.5, 0.6) is 0 Å². The van der Waals surface area contributed by atoms with Gasteiger partial charge in [0.25, 0.3) is 0 Å². The van der Waals surface area contributed by atoms with Crippen LogP contribution in [-0.2, 0) is 14.3 Å². The minimum Gasteiger partial charge on any atom is -0.469 e. The molecule has 0 rings (SSSR count). The molecular weight excluding hydrogens is 208 g/mol. The van der Waals surface area contributed by atoms with Gasteiger partial charge in [0.15, 0.2) is 0 Å². The van der Waals surface area contributed by atoms with E-state index < -0.39 is 0 Å². The summed E-state index contributed by atoms with van der Waals surface area (Å²) in [5.41, 5.74) is 0. The van der Waals surface area contributed by atoms with Crippen LogP contribution in [0.25, 0.3) is 0 Å². The molecule has 5 nitrogen and oxygen atoms in total. The largest absolute Gasteiger partial charge is 0.469 e. The second kappa shape index (κ2) is 9.15. The average molecular weight is 230 g/mol. The van der Waals surface area contributed by atoms with E-state index in [1.165, 1.54) is 7.11 Å². The lowest BCUT2D eigenvalue weighted by atomic mass is 10.2. The highest BCUT2D eigenvalue weighted by molar-refractivity contribution is 5.76. The molecule has 0 aliphatic carbocycles. The molecule has 0 aromatic heterocycles. The molecule has 0 aliphatic heterocycles. The Morgan fingerprint density at radius 2 is 2.00 bits per heavy atom. The number of carbonyl (C=O) groups is 2. The van der Waals surface area contributed by atoms with Crippen molar-refractivity contribution in [2.24, 2.45) is 5.92 Å². The molecule has 1 amide bonds. The van der Waals surface area contributed by atoms with E-state index in [1.807, 2.05) is 6.92 Å². The summed E-state index contributed by atoms with van der Waals surface area (Å²) < 4.78 is 4.59. The average Bonchev–Trinajstić information content (AvgIpc) is 2.30. The Balaban J connectivity index is 3.45. The SMILES string of the molecule is CCCNC(=O)CCNCC(C)C(=O)OC. The smallest absolute Gasteiger partial charge is 0.309 e. The van der Waals surface area contributed by atoms with Crippen molar-refractivity contribution in [1.29, 1.82) is 0 Å². The zero-order chi connectivity index (χ0) is 12.4. The molecule has 0 fully saturated rings. The number of ether oxygens (including phenoxy) is 1. The number of nitrogens with one attached hydrogen (secondary N) is 2. The monoisotopic (exact) mass is 230 g/mol. The molecular formula is C11H22N2O3. The lowest BCUT2D eigenvalue weighted by Crippen LogP contribution is -2.32. The first-order valence-electron chi connectivity index (χ1n) is 5.67. The van der Waals surface area contributed by atoms with Gasteiger partial charge in [-0.2, -0.15) is 0 Å². The van der Waals surface area contributed by atoms with Gasteiger partial charge in [0, 0.05) is 26.1 Å². The van der Waals surface area contributed by atoms with E-state index in [-0.39, 0.29) is 17.8 Å². The fourth-order valence-electron chi connectivity index (χ4n) is 1.16. The van der Waals surface area contributed by atoms with E-state index in [4.69, 9.17) is 0 Å². The molecule has 1 atom stereocenters. The molecule has 2 N–H and O–H groups in total. The third-order valence-corrected chi connectivity index (χ3v) is 2.16. The Hall–Kier alpha value is -1.10. The molecule has 0 saturated carbocycles. The fourth-order valence-corrected chi connectivity index (χ4v) is 1.16. The molecule has 0 bridgehead atoms. The number of hydrogen-bond donors (Lipinski definition) is 2. The molecule has 94 valence electrons. The van der Waals surface area contributed by atoms with Crippen LogP contribution < -0.4 is 10.6 Å². The maximum absolute atomic E-state index is 11.2. The van der Waals surface area contributed by atoms with E-state index in [9.17, 15) is 9.59 Å². The third kappa shape index (κ3) is 7.23. The zero-order valence-electron chi connectivity index (χ0n) is 10.3. The summed E-state index contributed by atoms with van der Waals surface area (Å²) in [6.45, 7) is 5.63. The molecule has 0 saturated heterocycles. The first-order valence-corrected chi connectivity index (χ1v) is 5.67. The quantitative estimate of drug-likeness (QED) is 0.465. The molecule has 0 aromatic carbocycles. The molecule has 0 aromatic rings. The van der Waals surface area contributed by atoms with Crippen molar-refractivity contribution >= 4 is 11.9 Å². The lowest BCUT2D eigenvalue weighted by Gasteiger charge is -2.10. The van der Waals surface area contributed by atoms with Gasteiger partial charge < -0.3 is 15.4 Å². The van der Waals surface area contributed by atoms with Gasteiger partial charge in [-0.25, -0.2) is 0 Å². The van der Waals surface area contributed by atoms with Crippen molar-refractivity contribution in [3.05, 3.63) is 0 Å².